The second kappa shape index (κ2) is 5.40. The van der Waals surface area contributed by atoms with Crippen LogP contribution in [0.15, 0.2) is 0 Å². The number of methoxy groups -OCH3 is 1. The van der Waals surface area contributed by atoms with E-state index in [9.17, 15) is 13.2 Å². The van der Waals surface area contributed by atoms with E-state index in [0.29, 0.717) is 24.8 Å². The Bertz CT molecular complexity index is 388. The maximum Gasteiger partial charge on any atom is 0.391 e. The number of ether oxygens (including phenoxy) is 1. The Morgan fingerprint density at radius 3 is 2.56 bits per heavy atom. The zero-order chi connectivity index (χ0) is 13.2. The molecule has 0 atom stereocenters. The molecule has 18 heavy (non-hydrogen) atoms. The molecule has 2 heterocycles. The van der Waals surface area contributed by atoms with Crippen LogP contribution in [0, 0.1) is 5.92 Å². The molecule has 102 valence electrons. The molecular weight excluding hydrogens is 267 g/mol. The summed E-state index contributed by atoms with van der Waals surface area (Å²) in [4.78, 5) is 1.86. The number of nitrogens with zero attached hydrogens (tertiary/aromatic N) is 3. The third-order valence-corrected chi connectivity index (χ3v) is 3.91. The zero-order valence-corrected chi connectivity index (χ0v) is 10.7. The highest BCUT2D eigenvalue weighted by atomic mass is 32.1. The predicted octanol–water partition coefficient (Wildman–Crippen LogP) is 2.46. The molecule has 0 bridgehead atoms. The Morgan fingerprint density at radius 1 is 1.33 bits per heavy atom. The maximum atomic E-state index is 12.5. The fourth-order valence-corrected chi connectivity index (χ4v) is 2.81. The summed E-state index contributed by atoms with van der Waals surface area (Å²) in [6.07, 6.45) is -3.82. The van der Waals surface area contributed by atoms with Gasteiger partial charge < -0.3 is 9.64 Å². The molecule has 4 nitrogen and oxygen atoms in total. The number of hydrogen-bond acceptors (Lipinski definition) is 5. The summed E-state index contributed by atoms with van der Waals surface area (Å²) in [5.41, 5.74) is 0. The van der Waals surface area contributed by atoms with Gasteiger partial charge in [0.05, 0.1) is 5.92 Å². The summed E-state index contributed by atoms with van der Waals surface area (Å²) in [6.45, 7) is 1.15. The quantitative estimate of drug-likeness (QED) is 0.853. The maximum absolute atomic E-state index is 12.5. The first-order valence-corrected chi connectivity index (χ1v) is 6.45. The number of rotatable bonds is 3. The van der Waals surface area contributed by atoms with Gasteiger partial charge in [0, 0.05) is 20.2 Å². The van der Waals surface area contributed by atoms with Gasteiger partial charge in [0.25, 0.3) is 0 Å². The molecule has 0 aromatic carbocycles. The van der Waals surface area contributed by atoms with Crippen molar-refractivity contribution in [1.82, 2.24) is 10.2 Å². The molecule has 1 aliphatic rings. The van der Waals surface area contributed by atoms with Gasteiger partial charge in [-0.3, -0.25) is 0 Å². The van der Waals surface area contributed by atoms with E-state index in [0.717, 1.165) is 5.01 Å². The van der Waals surface area contributed by atoms with Crippen molar-refractivity contribution in [2.75, 3.05) is 25.1 Å². The number of anilines is 1. The highest BCUT2D eigenvalue weighted by Crippen LogP contribution is 2.35. The molecule has 1 fully saturated rings. The summed E-state index contributed by atoms with van der Waals surface area (Å²) in [6, 6.07) is 0. The fourth-order valence-electron chi connectivity index (χ4n) is 1.95. The molecule has 0 N–H and O–H groups in total. The van der Waals surface area contributed by atoms with Gasteiger partial charge in [-0.05, 0) is 12.8 Å². The minimum absolute atomic E-state index is 0.128. The van der Waals surface area contributed by atoms with Crippen LogP contribution in [0.4, 0.5) is 18.3 Å². The molecule has 0 amide bonds. The molecule has 2 rings (SSSR count). The average Bonchev–Trinajstić information content (AvgIpc) is 2.77. The Kier molecular flexibility index (Phi) is 4.06. The molecule has 1 aromatic heterocycles. The highest BCUT2D eigenvalue weighted by Gasteiger charge is 2.41. The van der Waals surface area contributed by atoms with Crippen LogP contribution in [0.2, 0.25) is 0 Å². The van der Waals surface area contributed by atoms with Gasteiger partial charge in [0.1, 0.15) is 11.6 Å². The lowest BCUT2D eigenvalue weighted by molar-refractivity contribution is -0.179. The minimum atomic E-state index is -4.07. The van der Waals surface area contributed by atoms with Crippen LogP contribution in [0.25, 0.3) is 0 Å². The van der Waals surface area contributed by atoms with Crippen LogP contribution in [0.3, 0.4) is 0 Å². The Hall–Kier alpha value is -0.890. The predicted molar refractivity (Wildman–Crippen MR) is 61.6 cm³/mol. The van der Waals surface area contributed by atoms with E-state index in [-0.39, 0.29) is 12.8 Å². The normalized spacial score (nSPS) is 18.3. The van der Waals surface area contributed by atoms with Crippen molar-refractivity contribution in [1.29, 1.82) is 0 Å². The van der Waals surface area contributed by atoms with Crippen LogP contribution >= 0.6 is 11.3 Å². The van der Waals surface area contributed by atoms with Crippen molar-refractivity contribution in [3.63, 3.8) is 0 Å². The molecule has 1 saturated heterocycles. The molecule has 1 aromatic rings. The van der Waals surface area contributed by atoms with Crippen LogP contribution in [-0.2, 0) is 11.3 Å². The first kappa shape index (κ1) is 13.5. The van der Waals surface area contributed by atoms with Crippen molar-refractivity contribution >= 4 is 16.5 Å². The molecule has 0 saturated carbocycles. The van der Waals surface area contributed by atoms with Gasteiger partial charge in [-0.25, -0.2) is 0 Å². The van der Waals surface area contributed by atoms with Crippen molar-refractivity contribution in [3.05, 3.63) is 5.01 Å². The van der Waals surface area contributed by atoms with Gasteiger partial charge in [-0.15, -0.1) is 10.2 Å². The van der Waals surface area contributed by atoms with Crippen molar-refractivity contribution in [2.45, 2.75) is 25.6 Å². The second-order valence-electron chi connectivity index (χ2n) is 4.21. The third kappa shape index (κ3) is 3.11. The van der Waals surface area contributed by atoms with E-state index in [1.54, 1.807) is 7.11 Å². The SMILES string of the molecule is COCc1nnc(N2CCC(C(F)(F)F)CC2)s1. The van der Waals surface area contributed by atoms with Crippen molar-refractivity contribution in [3.8, 4) is 0 Å². The largest absolute Gasteiger partial charge is 0.391 e. The molecule has 1 aliphatic heterocycles. The van der Waals surface area contributed by atoms with Gasteiger partial charge in [0.15, 0.2) is 0 Å². The standard InChI is InChI=1S/C10H14F3N3OS/c1-17-6-8-14-15-9(18-8)16-4-2-7(3-5-16)10(11,12)13/h7H,2-6H2,1H3. The summed E-state index contributed by atoms with van der Waals surface area (Å²) in [5.74, 6) is -1.18. The summed E-state index contributed by atoms with van der Waals surface area (Å²) in [5, 5.41) is 9.33. The fraction of sp³-hybridized carbons (Fsp3) is 0.800. The van der Waals surface area contributed by atoms with E-state index in [2.05, 4.69) is 10.2 Å². The van der Waals surface area contributed by atoms with E-state index in [1.807, 2.05) is 4.90 Å². The Morgan fingerprint density at radius 2 is 2.00 bits per heavy atom. The lowest BCUT2D eigenvalue weighted by Crippen LogP contribution is -2.38. The summed E-state index contributed by atoms with van der Waals surface area (Å²) < 4.78 is 42.5. The lowest BCUT2D eigenvalue weighted by atomic mass is 9.97. The van der Waals surface area contributed by atoms with E-state index < -0.39 is 12.1 Å². The van der Waals surface area contributed by atoms with E-state index in [1.165, 1.54) is 11.3 Å². The number of alkyl halides is 3. The van der Waals surface area contributed by atoms with Crippen LogP contribution in [0.5, 0.6) is 0 Å². The Balaban J connectivity index is 1.92. The van der Waals surface area contributed by atoms with Crippen molar-refractivity contribution in [2.24, 2.45) is 5.92 Å². The first-order valence-electron chi connectivity index (χ1n) is 5.63. The minimum Gasteiger partial charge on any atom is -0.377 e. The smallest absolute Gasteiger partial charge is 0.377 e. The monoisotopic (exact) mass is 281 g/mol. The third-order valence-electron chi connectivity index (χ3n) is 2.95. The molecule has 0 radical (unpaired) electrons. The van der Waals surface area contributed by atoms with Gasteiger partial charge in [-0.2, -0.15) is 13.2 Å². The number of halogens is 3. The molecule has 0 aliphatic carbocycles. The van der Waals surface area contributed by atoms with E-state index in [4.69, 9.17) is 4.74 Å². The molecule has 0 spiro atoms. The molecule has 0 unspecified atom stereocenters. The van der Waals surface area contributed by atoms with Gasteiger partial charge >= 0.3 is 6.18 Å². The second-order valence-corrected chi connectivity index (χ2v) is 5.25. The number of hydrogen-bond donors (Lipinski definition) is 0. The average molecular weight is 281 g/mol. The van der Waals surface area contributed by atoms with Crippen LogP contribution in [0.1, 0.15) is 17.8 Å². The summed E-state index contributed by atoms with van der Waals surface area (Å²) >= 11 is 1.37. The zero-order valence-electron chi connectivity index (χ0n) is 9.90. The van der Waals surface area contributed by atoms with Crippen molar-refractivity contribution < 1.29 is 17.9 Å². The van der Waals surface area contributed by atoms with Crippen LogP contribution < -0.4 is 4.90 Å². The number of piperidine rings is 1. The highest BCUT2D eigenvalue weighted by molar-refractivity contribution is 7.15. The van der Waals surface area contributed by atoms with E-state index >= 15 is 0 Å². The Labute approximate surface area is 107 Å². The van der Waals surface area contributed by atoms with Crippen LogP contribution in [-0.4, -0.2) is 36.6 Å². The number of aromatic nitrogens is 2. The lowest BCUT2D eigenvalue weighted by Gasteiger charge is -2.32. The molecular formula is C10H14F3N3OS. The first-order chi connectivity index (χ1) is 8.50. The summed E-state index contributed by atoms with van der Waals surface area (Å²) in [7, 11) is 1.57. The van der Waals surface area contributed by atoms with Gasteiger partial charge in [0.2, 0.25) is 5.13 Å². The molecule has 8 heteroatoms. The topological polar surface area (TPSA) is 38.3 Å². The van der Waals surface area contributed by atoms with Gasteiger partial charge in [-0.1, -0.05) is 11.3 Å².